The van der Waals surface area contributed by atoms with E-state index in [1.807, 2.05) is 6.92 Å². The Kier molecular flexibility index (Phi) is 7.29. The zero-order valence-electron chi connectivity index (χ0n) is 9.51. The summed E-state index contributed by atoms with van der Waals surface area (Å²) in [6.45, 7) is 9.22. The van der Waals surface area contributed by atoms with Gasteiger partial charge in [-0.05, 0) is 26.2 Å². The summed E-state index contributed by atoms with van der Waals surface area (Å²) in [6, 6.07) is 0.536. The Morgan fingerprint density at radius 2 is 1.69 bits per heavy atom. The summed E-state index contributed by atoms with van der Waals surface area (Å²) in [5.41, 5.74) is 0. The molecule has 0 aliphatic carbocycles. The van der Waals surface area contributed by atoms with Gasteiger partial charge in [-0.3, -0.25) is 0 Å². The molecule has 0 aromatic carbocycles. The van der Waals surface area contributed by atoms with E-state index in [2.05, 4.69) is 26.1 Å². The minimum absolute atomic E-state index is 0.229. The molecule has 0 aliphatic rings. The highest BCUT2D eigenvalue weighted by Gasteiger charge is 2.03. The van der Waals surface area contributed by atoms with Gasteiger partial charge in [0.1, 0.15) is 0 Å². The number of rotatable bonds is 7. The zero-order valence-corrected chi connectivity index (χ0v) is 9.51. The van der Waals surface area contributed by atoms with Crippen LogP contribution in [-0.4, -0.2) is 23.8 Å². The molecule has 13 heavy (non-hydrogen) atoms. The smallest absolute Gasteiger partial charge is 0.0636 e. The molecule has 1 unspecified atom stereocenters. The first kappa shape index (κ1) is 12.9. The normalized spacial score (nSPS) is 16.2. The van der Waals surface area contributed by atoms with Crippen molar-refractivity contribution in [1.29, 1.82) is 0 Å². The average Bonchev–Trinajstić information content (AvgIpc) is 2.00. The first-order valence-electron chi connectivity index (χ1n) is 5.43. The Morgan fingerprint density at radius 1 is 1.08 bits per heavy atom. The minimum Gasteiger partial charge on any atom is -0.392 e. The van der Waals surface area contributed by atoms with Crippen LogP contribution in [0.25, 0.3) is 0 Å². The van der Waals surface area contributed by atoms with Crippen LogP contribution in [0.4, 0.5) is 0 Å². The second-order valence-corrected chi connectivity index (χ2v) is 4.48. The van der Waals surface area contributed by atoms with E-state index < -0.39 is 0 Å². The van der Waals surface area contributed by atoms with E-state index in [9.17, 15) is 0 Å². The van der Waals surface area contributed by atoms with Gasteiger partial charge in [-0.1, -0.05) is 26.7 Å². The van der Waals surface area contributed by atoms with Crippen LogP contribution in [0.3, 0.4) is 0 Å². The molecule has 0 rings (SSSR count). The Balaban J connectivity index is 3.25. The summed E-state index contributed by atoms with van der Waals surface area (Å²) < 4.78 is 0. The van der Waals surface area contributed by atoms with Crippen LogP contribution in [0.15, 0.2) is 0 Å². The molecule has 0 amide bonds. The van der Waals surface area contributed by atoms with Gasteiger partial charge < -0.3 is 10.4 Å². The van der Waals surface area contributed by atoms with Crippen molar-refractivity contribution < 1.29 is 5.11 Å². The van der Waals surface area contributed by atoms with Crippen LogP contribution in [0.5, 0.6) is 0 Å². The third-order valence-electron chi connectivity index (χ3n) is 2.18. The van der Waals surface area contributed by atoms with Crippen molar-refractivity contribution in [3.05, 3.63) is 0 Å². The fourth-order valence-corrected chi connectivity index (χ4v) is 1.31. The highest BCUT2D eigenvalue weighted by Crippen LogP contribution is 2.07. The molecule has 0 spiro atoms. The quantitative estimate of drug-likeness (QED) is 0.640. The van der Waals surface area contributed by atoms with Crippen molar-refractivity contribution in [2.24, 2.45) is 5.92 Å². The second kappa shape index (κ2) is 7.34. The van der Waals surface area contributed by atoms with E-state index in [0.29, 0.717) is 12.6 Å². The number of hydrogen-bond donors (Lipinski definition) is 2. The molecule has 2 N–H and O–H groups in total. The third kappa shape index (κ3) is 9.84. The van der Waals surface area contributed by atoms with E-state index in [0.717, 1.165) is 5.92 Å². The molecule has 0 saturated heterocycles. The number of aliphatic hydroxyl groups is 1. The second-order valence-electron chi connectivity index (χ2n) is 4.48. The van der Waals surface area contributed by atoms with Crippen LogP contribution < -0.4 is 5.32 Å². The van der Waals surface area contributed by atoms with Gasteiger partial charge in [0, 0.05) is 12.6 Å². The van der Waals surface area contributed by atoms with E-state index in [4.69, 9.17) is 5.11 Å². The average molecular weight is 187 g/mol. The molecule has 2 atom stereocenters. The fourth-order valence-electron chi connectivity index (χ4n) is 1.31. The van der Waals surface area contributed by atoms with Crippen LogP contribution in [-0.2, 0) is 0 Å². The molecule has 0 aliphatic heterocycles. The lowest BCUT2D eigenvalue weighted by Crippen LogP contribution is -2.32. The van der Waals surface area contributed by atoms with Gasteiger partial charge in [0.15, 0.2) is 0 Å². The largest absolute Gasteiger partial charge is 0.392 e. The highest BCUT2D eigenvalue weighted by molar-refractivity contribution is 4.63. The van der Waals surface area contributed by atoms with Gasteiger partial charge in [-0.15, -0.1) is 0 Å². The Bertz CT molecular complexity index is 113. The lowest BCUT2D eigenvalue weighted by Gasteiger charge is -2.15. The third-order valence-corrected chi connectivity index (χ3v) is 2.18. The standard InChI is InChI=1S/C11H25NO/c1-9(2)6-5-7-10(3)12-8-11(4)13/h9-13H,5-8H2,1-4H3/t10?,11-/m1/s1. The van der Waals surface area contributed by atoms with Crippen molar-refractivity contribution >= 4 is 0 Å². The first-order valence-corrected chi connectivity index (χ1v) is 5.43. The summed E-state index contributed by atoms with van der Waals surface area (Å²) in [6.07, 6.45) is 3.57. The summed E-state index contributed by atoms with van der Waals surface area (Å²) in [7, 11) is 0. The maximum Gasteiger partial charge on any atom is 0.0636 e. The van der Waals surface area contributed by atoms with Gasteiger partial charge in [-0.2, -0.15) is 0 Å². The molecule has 2 heteroatoms. The Labute approximate surface area is 82.7 Å². The summed E-state index contributed by atoms with van der Waals surface area (Å²) in [5, 5.41) is 12.4. The predicted octanol–water partition coefficient (Wildman–Crippen LogP) is 2.17. The SMILES string of the molecule is CC(C)CCCC(C)NC[C@@H](C)O. The molecule has 0 aromatic heterocycles. The Hall–Kier alpha value is -0.0800. The zero-order chi connectivity index (χ0) is 10.3. The van der Waals surface area contributed by atoms with Gasteiger partial charge in [-0.25, -0.2) is 0 Å². The molecular formula is C11H25NO. The van der Waals surface area contributed by atoms with Crippen molar-refractivity contribution in [2.75, 3.05) is 6.54 Å². The van der Waals surface area contributed by atoms with Crippen LogP contribution >= 0.6 is 0 Å². The van der Waals surface area contributed by atoms with Crippen molar-refractivity contribution in [2.45, 2.75) is 59.1 Å². The number of aliphatic hydroxyl groups excluding tert-OH is 1. The van der Waals surface area contributed by atoms with Crippen molar-refractivity contribution in [1.82, 2.24) is 5.32 Å². The Morgan fingerprint density at radius 3 is 2.15 bits per heavy atom. The maximum absolute atomic E-state index is 9.05. The predicted molar refractivity (Wildman–Crippen MR) is 57.8 cm³/mol. The van der Waals surface area contributed by atoms with E-state index in [-0.39, 0.29) is 6.10 Å². The fraction of sp³-hybridized carbons (Fsp3) is 1.00. The van der Waals surface area contributed by atoms with Crippen molar-refractivity contribution in [3.8, 4) is 0 Å². The molecule has 0 saturated carbocycles. The summed E-state index contributed by atoms with van der Waals surface area (Å²) >= 11 is 0. The summed E-state index contributed by atoms with van der Waals surface area (Å²) in [4.78, 5) is 0. The van der Waals surface area contributed by atoms with Gasteiger partial charge in [0.05, 0.1) is 6.10 Å². The lowest BCUT2D eigenvalue weighted by molar-refractivity contribution is 0.186. The molecule has 0 bridgehead atoms. The van der Waals surface area contributed by atoms with Crippen LogP contribution in [0.2, 0.25) is 0 Å². The molecule has 0 fully saturated rings. The molecule has 0 heterocycles. The maximum atomic E-state index is 9.05. The molecule has 80 valence electrons. The topological polar surface area (TPSA) is 32.3 Å². The van der Waals surface area contributed by atoms with E-state index >= 15 is 0 Å². The summed E-state index contributed by atoms with van der Waals surface area (Å²) in [5.74, 6) is 0.809. The lowest BCUT2D eigenvalue weighted by atomic mass is 10.0. The first-order chi connectivity index (χ1) is 6.02. The van der Waals surface area contributed by atoms with Gasteiger partial charge in [0.25, 0.3) is 0 Å². The van der Waals surface area contributed by atoms with Gasteiger partial charge in [0.2, 0.25) is 0 Å². The van der Waals surface area contributed by atoms with E-state index in [1.165, 1.54) is 19.3 Å². The van der Waals surface area contributed by atoms with E-state index in [1.54, 1.807) is 0 Å². The van der Waals surface area contributed by atoms with Crippen LogP contribution in [0.1, 0.15) is 47.0 Å². The van der Waals surface area contributed by atoms with Crippen molar-refractivity contribution in [3.63, 3.8) is 0 Å². The minimum atomic E-state index is -0.229. The number of nitrogens with one attached hydrogen (secondary N) is 1. The molecular weight excluding hydrogens is 162 g/mol. The number of hydrogen-bond acceptors (Lipinski definition) is 2. The highest BCUT2D eigenvalue weighted by atomic mass is 16.3. The molecule has 2 nitrogen and oxygen atoms in total. The molecule has 0 radical (unpaired) electrons. The van der Waals surface area contributed by atoms with Crippen LogP contribution in [0, 0.1) is 5.92 Å². The van der Waals surface area contributed by atoms with Gasteiger partial charge >= 0.3 is 0 Å². The molecule has 0 aromatic rings. The monoisotopic (exact) mass is 187 g/mol.